The number of nitrogens with two attached hydrogens (primary N) is 1. The Hall–Kier alpha value is -2.94. The van der Waals surface area contributed by atoms with E-state index in [4.69, 9.17) is 10.5 Å². The second-order valence-corrected chi connectivity index (χ2v) is 6.62. The summed E-state index contributed by atoms with van der Waals surface area (Å²) in [5.74, 6) is -3.25. The van der Waals surface area contributed by atoms with Gasteiger partial charge in [0.15, 0.2) is 17.5 Å². The van der Waals surface area contributed by atoms with E-state index >= 15 is 0 Å². The van der Waals surface area contributed by atoms with Gasteiger partial charge in [0.2, 0.25) is 0 Å². The molecule has 0 atom stereocenters. The molecular weight excluding hydrogens is 406 g/mol. The van der Waals surface area contributed by atoms with Gasteiger partial charge in [0.1, 0.15) is 23.1 Å². The third-order valence-electron chi connectivity index (χ3n) is 3.73. The van der Waals surface area contributed by atoms with E-state index in [9.17, 15) is 17.6 Å². The Morgan fingerprint density at radius 3 is 2.62 bits per heavy atom. The lowest BCUT2D eigenvalue weighted by Gasteiger charge is -2.13. The lowest BCUT2D eigenvalue weighted by Crippen LogP contribution is -2.09. The van der Waals surface area contributed by atoms with Gasteiger partial charge in [-0.05, 0) is 24.5 Å². The molecule has 9 heteroatoms. The monoisotopic (exact) mass is 425 g/mol. The molecule has 0 aliphatic rings. The number of hydrogen-bond acceptors (Lipinski definition) is 5. The molecule has 0 bridgehead atoms. The Kier molecular flexibility index (Phi) is 7.72. The topological polar surface area (TPSA) is 59.6 Å². The summed E-state index contributed by atoms with van der Waals surface area (Å²) < 4.78 is 60.5. The van der Waals surface area contributed by atoms with Crippen molar-refractivity contribution in [1.29, 1.82) is 0 Å². The molecule has 29 heavy (non-hydrogen) atoms. The highest BCUT2D eigenvalue weighted by atomic mass is 32.2. The molecular formula is C20H19F4N3OS. The lowest BCUT2D eigenvalue weighted by molar-refractivity contribution is 0.410. The van der Waals surface area contributed by atoms with Crippen molar-refractivity contribution >= 4 is 23.2 Å². The minimum Gasteiger partial charge on any atom is -0.496 e. The van der Waals surface area contributed by atoms with Crippen molar-refractivity contribution in [3.05, 3.63) is 83.3 Å². The van der Waals surface area contributed by atoms with Gasteiger partial charge in [-0.1, -0.05) is 6.58 Å². The SMILES string of the molecule is C=C(N=C(/C(F)=C\N)c1ccc(F)cc1OC)Nc1cc(F)c(F)c(CSC)c1. The van der Waals surface area contributed by atoms with Crippen LogP contribution in [0.25, 0.3) is 0 Å². The summed E-state index contributed by atoms with van der Waals surface area (Å²) in [6.07, 6.45) is 2.44. The molecule has 0 radical (unpaired) electrons. The molecule has 0 aliphatic heterocycles. The molecule has 0 fully saturated rings. The van der Waals surface area contributed by atoms with Gasteiger partial charge in [0, 0.05) is 40.9 Å². The molecule has 0 heterocycles. The average Bonchev–Trinajstić information content (AvgIpc) is 2.69. The van der Waals surface area contributed by atoms with E-state index in [-0.39, 0.29) is 39.8 Å². The Morgan fingerprint density at radius 2 is 2.00 bits per heavy atom. The number of halogens is 4. The Morgan fingerprint density at radius 1 is 1.28 bits per heavy atom. The Balaban J connectivity index is 2.42. The zero-order chi connectivity index (χ0) is 21.6. The number of nitrogens with zero attached hydrogens (tertiary/aromatic N) is 1. The predicted molar refractivity (Wildman–Crippen MR) is 109 cm³/mol. The second-order valence-electron chi connectivity index (χ2n) is 5.76. The third kappa shape index (κ3) is 5.54. The van der Waals surface area contributed by atoms with E-state index in [0.717, 1.165) is 18.2 Å². The van der Waals surface area contributed by atoms with Gasteiger partial charge in [-0.3, -0.25) is 0 Å². The fourth-order valence-electron chi connectivity index (χ4n) is 2.49. The van der Waals surface area contributed by atoms with E-state index in [1.165, 1.54) is 31.0 Å². The van der Waals surface area contributed by atoms with Crippen molar-refractivity contribution in [2.75, 3.05) is 18.7 Å². The quantitative estimate of drug-likeness (QED) is 0.455. The minimum absolute atomic E-state index is 0.0311. The molecule has 0 unspecified atom stereocenters. The summed E-state index contributed by atoms with van der Waals surface area (Å²) >= 11 is 1.33. The van der Waals surface area contributed by atoms with Crippen LogP contribution in [0.1, 0.15) is 11.1 Å². The molecule has 3 N–H and O–H groups in total. The molecule has 2 aromatic rings. The van der Waals surface area contributed by atoms with Gasteiger partial charge < -0.3 is 15.8 Å². The van der Waals surface area contributed by atoms with Crippen LogP contribution in [0.3, 0.4) is 0 Å². The summed E-state index contributed by atoms with van der Waals surface area (Å²) in [4.78, 5) is 4.04. The number of benzene rings is 2. The predicted octanol–water partition coefficient (Wildman–Crippen LogP) is 5.12. The van der Waals surface area contributed by atoms with Gasteiger partial charge in [-0.25, -0.2) is 22.6 Å². The molecule has 2 rings (SSSR count). The largest absolute Gasteiger partial charge is 0.496 e. The highest BCUT2D eigenvalue weighted by molar-refractivity contribution is 7.97. The summed E-state index contributed by atoms with van der Waals surface area (Å²) in [7, 11) is 1.29. The van der Waals surface area contributed by atoms with E-state index in [2.05, 4.69) is 16.9 Å². The molecule has 0 aliphatic carbocycles. The molecule has 0 amide bonds. The highest BCUT2D eigenvalue weighted by Crippen LogP contribution is 2.26. The molecule has 154 valence electrons. The number of aliphatic imine (C=N–C) groups is 1. The van der Waals surface area contributed by atoms with E-state index in [0.29, 0.717) is 6.20 Å². The maximum absolute atomic E-state index is 14.4. The van der Waals surface area contributed by atoms with Gasteiger partial charge in [0.05, 0.1) is 7.11 Å². The van der Waals surface area contributed by atoms with Crippen LogP contribution < -0.4 is 15.8 Å². The highest BCUT2D eigenvalue weighted by Gasteiger charge is 2.17. The van der Waals surface area contributed by atoms with Crippen LogP contribution in [0.15, 0.2) is 59.8 Å². The first kappa shape index (κ1) is 22.4. The first-order chi connectivity index (χ1) is 13.8. The smallest absolute Gasteiger partial charge is 0.165 e. The fraction of sp³-hybridized carbons (Fsp3) is 0.150. The zero-order valence-corrected chi connectivity index (χ0v) is 16.5. The van der Waals surface area contributed by atoms with Crippen molar-refractivity contribution in [2.24, 2.45) is 10.7 Å². The number of methoxy groups -OCH3 is 1. The van der Waals surface area contributed by atoms with Crippen molar-refractivity contribution in [2.45, 2.75) is 5.75 Å². The van der Waals surface area contributed by atoms with Crippen LogP contribution in [0, 0.1) is 17.5 Å². The van der Waals surface area contributed by atoms with Crippen LogP contribution in [0.2, 0.25) is 0 Å². The molecule has 0 aromatic heterocycles. The number of thioether (sulfide) groups is 1. The van der Waals surface area contributed by atoms with Crippen molar-refractivity contribution in [1.82, 2.24) is 0 Å². The molecule has 0 saturated heterocycles. The number of ether oxygens (including phenoxy) is 1. The van der Waals surface area contributed by atoms with E-state index in [1.54, 1.807) is 6.26 Å². The molecule has 4 nitrogen and oxygen atoms in total. The van der Waals surface area contributed by atoms with Crippen LogP contribution in [-0.2, 0) is 5.75 Å². The maximum Gasteiger partial charge on any atom is 0.165 e. The standard InChI is InChI=1S/C20H19F4N3OS/c1-11(26-14-6-12(10-29-3)19(24)16(22)8-14)27-20(17(23)9-25)15-5-4-13(21)7-18(15)28-2/h4-9,26H,1,10,25H2,2-3H3/b17-9+,27-20?. The maximum atomic E-state index is 14.4. The van der Waals surface area contributed by atoms with Crippen molar-refractivity contribution < 1.29 is 22.3 Å². The zero-order valence-electron chi connectivity index (χ0n) is 15.7. The number of anilines is 1. The van der Waals surface area contributed by atoms with Gasteiger partial charge in [-0.15, -0.1) is 0 Å². The van der Waals surface area contributed by atoms with E-state index in [1.807, 2.05) is 0 Å². The summed E-state index contributed by atoms with van der Waals surface area (Å²) in [6.45, 7) is 3.66. The number of nitrogens with one attached hydrogen (secondary N) is 1. The lowest BCUT2D eigenvalue weighted by atomic mass is 10.1. The van der Waals surface area contributed by atoms with E-state index < -0.39 is 23.3 Å². The number of hydrogen-bond donors (Lipinski definition) is 2. The average molecular weight is 425 g/mol. The third-order valence-corrected chi connectivity index (χ3v) is 4.33. The minimum atomic E-state index is -1.04. The van der Waals surface area contributed by atoms with Crippen molar-refractivity contribution in [3.63, 3.8) is 0 Å². The number of allylic oxidation sites excluding steroid dienone is 1. The molecule has 2 aromatic carbocycles. The van der Waals surface area contributed by atoms with Crippen LogP contribution in [-0.4, -0.2) is 19.1 Å². The van der Waals surface area contributed by atoms with Crippen molar-refractivity contribution in [3.8, 4) is 5.75 Å². The summed E-state index contributed by atoms with van der Waals surface area (Å²) in [5.41, 5.74) is 5.47. The first-order valence-corrected chi connectivity index (χ1v) is 9.63. The van der Waals surface area contributed by atoms with Crippen LogP contribution >= 0.6 is 11.8 Å². The van der Waals surface area contributed by atoms with Gasteiger partial charge in [0.25, 0.3) is 0 Å². The first-order valence-electron chi connectivity index (χ1n) is 8.23. The van der Waals surface area contributed by atoms with Gasteiger partial charge >= 0.3 is 0 Å². The number of rotatable bonds is 8. The summed E-state index contributed by atoms with van der Waals surface area (Å²) in [5, 5.41) is 2.69. The fourth-order valence-corrected chi connectivity index (χ4v) is 3.01. The Labute approximate surface area is 170 Å². The molecule has 0 spiro atoms. The van der Waals surface area contributed by atoms with Gasteiger partial charge in [-0.2, -0.15) is 11.8 Å². The normalized spacial score (nSPS) is 12.1. The molecule has 0 saturated carbocycles. The van der Waals surface area contributed by atoms with Crippen LogP contribution in [0.5, 0.6) is 5.75 Å². The summed E-state index contributed by atoms with van der Waals surface area (Å²) in [6, 6.07) is 5.79. The second kappa shape index (κ2) is 10.0. The Bertz CT molecular complexity index is 976. The van der Waals surface area contributed by atoms with Crippen LogP contribution in [0.4, 0.5) is 23.2 Å².